The number of amides is 3. The third-order valence-corrected chi connectivity index (χ3v) is 5.49. The maximum Gasteiger partial charge on any atom is 0.340 e. The lowest BCUT2D eigenvalue weighted by atomic mass is 9.96. The molecule has 2 rings (SSSR count). The molecule has 0 heterocycles. The number of hydrogen-bond acceptors (Lipinski definition) is 6. The Morgan fingerprint density at radius 2 is 1.74 bits per heavy atom. The van der Waals surface area contributed by atoms with Gasteiger partial charge in [0.05, 0.1) is 10.5 Å². The molecule has 1 atom stereocenters. The first-order chi connectivity index (χ1) is 12.7. The molecule has 3 amide bonds. The van der Waals surface area contributed by atoms with Gasteiger partial charge in [-0.05, 0) is 31.9 Å². The van der Waals surface area contributed by atoms with Gasteiger partial charge in [0.2, 0.25) is 0 Å². The molecule has 1 aliphatic carbocycles. The van der Waals surface area contributed by atoms with Gasteiger partial charge in [0.15, 0.2) is 15.9 Å². The molecule has 0 aliphatic heterocycles. The van der Waals surface area contributed by atoms with E-state index in [2.05, 4.69) is 10.6 Å². The average Bonchev–Trinajstić information content (AvgIpc) is 2.61. The van der Waals surface area contributed by atoms with Crippen molar-refractivity contribution in [2.45, 2.75) is 56.1 Å². The molecule has 1 fully saturated rings. The molecule has 1 aliphatic rings. The Bertz CT molecular complexity index is 815. The molecule has 148 valence electrons. The normalized spacial score (nSPS) is 16.2. The van der Waals surface area contributed by atoms with Gasteiger partial charge in [0.1, 0.15) is 0 Å². The summed E-state index contributed by atoms with van der Waals surface area (Å²) in [6.07, 6.45) is 4.66. The minimum Gasteiger partial charge on any atom is -0.449 e. The fourth-order valence-electron chi connectivity index (χ4n) is 2.92. The Morgan fingerprint density at radius 1 is 1.11 bits per heavy atom. The number of hydrogen-bond donors (Lipinski definition) is 2. The van der Waals surface area contributed by atoms with Gasteiger partial charge in [-0.2, -0.15) is 0 Å². The van der Waals surface area contributed by atoms with Crippen molar-refractivity contribution < 1.29 is 27.5 Å². The number of urea groups is 1. The summed E-state index contributed by atoms with van der Waals surface area (Å²) in [7, 11) is -3.64. The van der Waals surface area contributed by atoms with E-state index < -0.39 is 33.8 Å². The minimum atomic E-state index is -3.64. The molecule has 8 nitrogen and oxygen atoms in total. The largest absolute Gasteiger partial charge is 0.449 e. The lowest BCUT2D eigenvalue weighted by molar-refractivity contribution is -0.127. The fourth-order valence-corrected chi connectivity index (χ4v) is 3.79. The first kappa shape index (κ1) is 20.9. The zero-order valence-corrected chi connectivity index (χ0v) is 16.2. The Labute approximate surface area is 158 Å². The highest BCUT2D eigenvalue weighted by atomic mass is 32.2. The van der Waals surface area contributed by atoms with Gasteiger partial charge in [-0.15, -0.1) is 0 Å². The lowest BCUT2D eigenvalue weighted by Crippen LogP contribution is -2.48. The third kappa shape index (κ3) is 6.06. The van der Waals surface area contributed by atoms with Crippen LogP contribution in [0.5, 0.6) is 0 Å². The van der Waals surface area contributed by atoms with Gasteiger partial charge in [0.25, 0.3) is 5.91 Å². The van der Waals surface area contributed by atoms with E-state index in [0.29, 0.717) is 0 Å². The Hall–Kier alpha value is -2.42. The molecule has 0 aromatic heterocycles. The van der Waals surface area contributed by atoms with Gasteiger partial charge in [0, 0.05) is 12.3 Å². The Morgan fingerprint density at radius 3 is 2.37 bits per heavy atom. The SMILES string of the molecule is C[C@@H](OC(=O)c1ccccc1S(C)(=O)=O)C(=O)NC(=O)NC1CCCCC1. The molecule has 1 aromatic rings. The van der Waals surface area contributed by atoms with Crippen molar-refractivity contribution in [3.05, 3.63) is 29.8 Å². The highest BCUT2D eigenvalue weighted by Gasteiger charge is 2.25. The molecule has 2 N–H and O–H groups in total. The van der Waals surface area contributed by atoms with E-state index >= 15 is 0 Å². The average molecular weight is 396 g/mol. The predicted molar refractivity (Wildman–Crippen MR) is 98.0 cm³/mol. The number of imide groups is 1. The number of carbonyl (C=O) groups excluding carboxylic acids is 3. The van der Waals surface area contributed by atoms with E-state index in [9.17, 15) is 22.8 Å². The Balaban J connectivity index is 1.94. The van der Waals surface area contributed by atoms with Crippen molar-refractivity contribution in [3.63, 3.8) is 0 Å². The number of nitrogens with one attached hydrogen (secondary N) is 2. The number of carbonyl (C=O) groups is 3. The van der Waals surface area contributed by atoms with Gasteiger partial charge in [-0.25, -0.2) is 18.0 Å². The van der Waals surface area contributed by atoms with Crippen LogP contribution in [0.1, 0.15) is 49.4 Å². The van der Waals surface area contributed by atoms with Gasteiger partial charge >= 0.3 is 12.0 Å². The van der Waals surface area contributed by atoms with Crippen LogP contribution in [-0.2, 0) is 19.4 Å². The smallest absolute Gasteiger partial charge is 0.340 e. The van der Waals surface area contributed by atoms with E-state index in [1.165, 1.54) is 31.2 Å². The summed E-state index contributed by atoms with van der Waals surface area (Å²) in [5, 5.41) is 4.87. The first-order valence-electron chi connectivity index (χ1n) is 8.80. The van der Waals surface area contributed by atoms with Crippen molar-refractivity contribution in [2.75, 3.05) is 6.26 Å². The zero-order valence-electron chi connectivity index (χ0n) is 15.4. The lowest BCUT2D eigenvalue weighted by Gasteiger charge is -2.23. The number of rotatable bonds is 5. The molecular weight excluding hydrogens is 372 g/mol. The monoisotopic (exact) mass is 396 g/mol. The van der Waals surface area contributed by atoms with Crippen LogP contribution in [0.15, 0.2) is 29.2 Å². The number of ether oxygens (including phenoxy) is 1. The van der Waals surface area contributed by atoms with Crippen molar-refractivity contribution in [1.29, 1.82) is 0 Å². The predicted octanol–water partition coefficient (Wildman–Crippen LogP) is 1.79. The second kappa shape index (κ2) is 8.98. The zero-order chi connectivity index (χ0) is 20.0. The third-order valence-electron chi connectivity index (χ3n) is 4.34. The first-order valence-corrected chi connectivity index (χ1v) is 10.7. The molecule has 0 bridgehead atoms. The van der Waals surface area contributed by atoms with Gasteiger partial charge in [-0.1, -0.05) is 31.4 Å². The molecule has 0 radical (unpaired) electrons. The van der Waals surface area contributed by atoms with Crippen LogP contribution in [-0.4, -0.2) is 44.7 Å². The second-order valence-electron chi connectivity index (χ2n) is 6.61. The van der Waals surface area contributed by atoms with Crippen LogP contribution in [0.2, 0.25) is 0 Å². The molecule has 0 saturated heterocycles. The van der Waals surface area contributed by atoms with Crippen molar-refractivity contribution in [2.24, 2.45) is 0 Å². The summed E-state index contributed by atoms with van der Waals surface area (Å²) >= 11 is 0. The molecule has 27 heavy (non-hydrogen) atoms. The summed E-state index contributed by atoms with van der Waals surface area (Å²) in [6.45, 7) is 1.31. The van der Waals surface area contributed by atoms with Crippen molar-refractivity contribution in [1.82, 2.24) is 10.6 Å². The standard InChI is InChI=1S/C18H24N2O6S/c1-12(16(21)20-18(23)19-13-8-4-3-5-9-13)26-17(22)14-10-6-7-11-15(14)27(2,24)25/h6-7,10-13H,3-5,8-9H2,1-2H3,(H2,19,20,21,23)/t12-/m1/s1. The van der Waals surface area contributed by atoms with Crippen LogP contribution >= 0.6 is 0 Å². The van der Waals surface area contributed by atoms with Gasteiger partial charge in [-0.3, -0.25) is 10.1 Å². The molecule has 0 spiro atoms. The molecule has 0 unspecified atom stereocenters. The maximum absolute atomic E-state index is 12.3. The van der Waals surface area contributed by atoms with Crippen molar-refractivity contribution >= 4 is 27.7 Å². The van der Waals surface area contributed by atoms with Gasteiger partial charge < -0.3 is 10.1 Å². The van der Waals surface area contributed by atoms with Crippen LogP contribution < -0.4 is 10.6 Å². The number of sulfone groups is 1. The van der Waals surface area contributed by atoms with E-state index in [4.69, 9.17) is 4.74 Å². The van der Waals surface area contributed by atoms with Crippen LogP contribution in [0.25, 0.3) is 0 Å². The van der Waals surface area contributed by atoms with Crippen LogP contribution in [0, 0.1) is 0 Å². The molecule has 9 heteroatoms. The number of benzene rings is 1. The quantitative estimate of drug-likeness (QED) is 0.733. The molecular formula is C18H24N2O6S. The minimum absolute atomic E-state index is 0.0334. The van der Waals surface area contributed by atoms with Crippen LogP contribution in [0.4, 0.5) is 4.79 Å². The highest BCUT2D eigenvalue weighted by molar-refractivity contribution is 7.90. The van der Waals surface area contributed by atoms with E-state index in [-0.39, 0.29) is 16.5 Å². The molecule has 1 aromatic carbocycles. The summed E-state index contributed by atoms with van der Waals surface area (Å²) in [6, 6.07) is 4.97. The van der Waals surface area contributed by atoms with E-state index in [1.54, 1.807) is 0 Å². The van der Waals surface area contributed by atoms with E-state index in [0.717, 1.165) is 38.4 Å². The molecule has 1 saturated carbocycles. The summed E-state index contributed by atoms with van der Waals surface area (Å²) in [5.74, 6) is -1.74. The summed E-state index contributed by atoms with van der Waals surface area (Å²) in [5.41, 5.74) is -0.161. The van der Waals surface area contributed by atoms with E-state index in [1.807, 2.05) is 0 Å². The topological polar surface area (TPSA) is 119 Å². The fraction of sp³-hybridized carbons (Fsp3) is 0.500. The maximum atomic E-state index is 12.3. The second-order valence-corrected chi connectivity index (χ2v) is 8.60. The number of esters is 1. The summed E-state index contributed by atoms with van der Waals surface area (Å²) < 4.78 is 28.6. The highest BCUT2D eigenvalue weighted by Crippen LogP contribution is 2.18. The Kier molecular flexibility index (Phi) is 6.95. The van der Waals surface area contributed by atoms with Crippen molar-refractivity contribution in [3.8, 4) is 0 Å². The summed E-state index contributed by atoms with van der Waals surface area (Å²) in [4.78, 5) is 36.1. The van der Waals surface area contributed by atoms with Crippen LogP contribution in [0.3, 0.4) is 0 Å².